The van der Waals surface area contributed by atoms with E-state index in [0.717, 1.165) is 24.8 Å². The van der Waals surface area contributed by atoms with E-state index in [1.54, 1.807) is 7.11 Å². The molecule has 1 aliphatic carbocycles. The van der Waals surface area contributed by atoms with Gasteiger partial charge in [0.15, 0.2) is 0 Å². The van der Waals surface area contributed by atoms with Crippen LogP contribution in [0.1, 0.15) is 22.3 Å². The van der Waals surface area contributed by atoms with Gasteiger partial charge in [-0.3, -0.25) is 0 Å². The first-order chi connectivity index (χ1) is 13.3. The van der Waals surface area contributed by atoms with E-state index in [1.165, 1.54) is 38.8 Å². The van der Waals surface area contributed by atoms with Crippen molar-refractivity contribution >= 4 is 10.9 Å². The number of fused-ring (bicyclic) bond motifs is 6. The van der Waals surface area contributed by atoms with Gasteiger partial charge in [0.1, 0.15) is 0 Å². The SMILES string of the molecule is COc1cc2c3cc(ccc3n1)Cc1cccc(c1)CCc1cccc-2c1. The van der Waals surface area contributed by atoms with Crippen LogP contribution in [-0.4, -0.2) is 12.1 Å². The van der Waals surface area contributed by atoms with E-state index in [1.807, 2.05) is 0 Å². The molecule has 0 unspecified atom stereocenters. The normalized spacial score (nSPS) is 12.9. The van der Waals surface area contributed by atoms with Gasteiger partial charge in [-0.15, -0.1) is 0 Å². The van der Waals surface area contributed by atoms with E-state index < -0.39 is 0 Å². The molecule has 0 spiro atoms. The molecule has 3 aromatic carbocycles. The van der Waals surface area contributed by atoms with Gasteiger partial charge in [-0.2, -0.15) is 0 Å². The van der Waals surface area contributed by atoms with Crippen molar-refractivity contribution in [2.75, 3.05) is 7.11 Å². The number of rotatable bonds is 1. The van der Waals surface area contributed by atoms with Crippen LogP contribution in [-0.2, 0) is 19.3 Å². The van der Waals surface area contributed by atoms with E-state index in [0.29, 0.717) is 5.88 Å². The van der Waals surface area contributed by atoms with Gasteiger partial charge in [-0.05, 0) is 64.8 Å². The molecule has 4 aromatic rings. The summed E-state index contributed by atoms with van der Waals surface area (Å²) in [6, 6.07) is 26.5. The average molecular weight is 351 g/mol. The van der Waals surface area contributed by atoms with Crippen molar-refractivity contribution in [3.8, 4) is 17.0 Å². The summed E-state index contributed by atoms with van der Waals surface area (Å²) in [7, 11) is 1.68. The summed E-state index contributed by atoms with van der Waals surface area (Å²) in [4.78, 5) is 4.66. The van der Waals surface area contributed by atoms with Gasteiger partial charge in [-0.1, -0.05) is 54.6 Å². The van der Waals surface area contributed by atoms with Crippen LogP contribution in [0.25, 0.3) is 22.0 Å². The number of ether oxygens (including phenoxy) is 1. The number of aryl methyl sites for hydroxylation is 2. The van der Waals surface area contributed by atoms with Crippen molar-refractivity contribution in [2.45, 2.75) is 19.3 Å². The number of pyridine rings is 1. The predicted octanol–water partition coefficient (Wildman–Crippen LogP) is 5.60. The molecule has 0 N–H and O–H groups in total. The number of hydrogen-bond acceptors (Lipinski definition) is 2. The van der Waals surface area contributed by atoms with E-state index in [4.69, 9.17) is 4.74 Å². The van der Waals surface area contributed by atoms with E-state index in [9.17, 15) is 0 Å². The van der Waals surface area contributed by atoms with Gasteiger partial charge in [0.25, 0.3) is 0 Å². The Balaban J connectivity index is 1.79. The fourth-order valence-corrected chi connectivity index (χ4v) is 4.02. The van der Waals surface area contributed by atoms with Crippen LogP contribution < -0.4 is 4.74 Å². The maximum atomic E-state index is 5.47. The average Bonchev–Trinajstić information content (AvgIpc) is 2.72. The molecule has 132 valence electrons. The second kappa shape index (κ2) is 6.55. The summed E-state index contributed by atoms with van der Waals surface area (Å²) in [5.74, 6) is 0.659. The lowest BCUT2D eigenvalue weighted by Crippen LogP contribution is -1.94. The van der Waals surface area contributed by atoms with Crippen LogP contribution in [0.15, 0.2) is 72.8 Å². The molecule has 0 fully saturated rings. The number of nitrogens with zero attached hydrogens (tertiary/aromatic N) is 1. The summed E-state index contributed by atoms with van der Waals surface area (Å²) < 4.78 is 5.47. The Bertz CT molecular complexity index is 1150. The lowest BCUT2D eigenvalue weighted by molar-refractivity contribution is 0.400. The van der Waals surface area contributed by atoms with Crippen LogP contribution in [0.5, 0.6) is 5.88 Å². The maximum absolute atomic E-state index is 5.47. The molecule has 2 heteroatoms. The van der Waals surface area contributed by atoms with Crippen molar-refractivity contribution in [1.82, 2.24) is 4.98 Å². The second-order valence-electron chi connectivity index (χ2n) is 7.26. The summed E-state index contributed by atoms with van der Waals surface area (Å²) in [6.07, 6.45) is 3.04. The first kappa shape index (κ1) is 16.1. The van der Waals surface area contributed by atoms with Crippen molar-refractivity contribution < 1.29 is 4.74 Å². The summed E-state index contributed by atoms with van der Waals surface area (Å²) in [6.45, 7) is 0. The molecule has 0 saturated carbocycles. The lowest BCUT2D eigenvalue weighted by Gasteiger charge is -2.12. The monoisotopic (exact) mass is 351 g/mol. The van der Waals surface area contributed by atoms with E-state index in [-0.39, 0.29) is 0 Å². The fourth-order valence-electron chi connectivity index (χ4n) is 4.02. The highest BCUT2D eigenvalue weighted by atomic mass is 16.5. The highest BCUT2D eigenvalue weighted by Crippen LogP contribution is 2.33. The topological polar surface area (TPSA) is 22.1 Å². The third-order valence-corrected chi connectivity index (χ3v) is 5.40. The first-order valence-corrected chi connectivity index (χ1v) is 9.43. The van der Waals surface area contributed by atoms with Crippen molar-refractivity contribution in [2.24, 2.45) is 0 Å². The fraction of sp³-hybridized carbons (Fsp3) is 0.160. The zero-order chi connectivity index (χ0) is 18.2. The molecule has 2 nitrogen and oxygen atoms in total. The minimum absolute atomic E-state index is 0.659. The van der Waals surface area contributed by atoms with Gasteiger partial charge in [0, 0.05) is 11.5 Å². The zero-order valence-electron chi connectivity index (χ0n) is 15.4. The van der Waals surface area contributed by atoms with Crippen LogP contribution in [0.3, 0.4) is 0 Å². The highest BCUT2D eigenvalue weighted by Gasteiger charge is 2.11. The Kier molecular flexibility index (Phi) is 3.90. The summed E-state index contributed by atoms with van der Waals surface area (Å²) in [5, 5.41) is 1.18. The van der Waals surface area contributed by atoms with Crippen molar-refractivity contribution in [1.29, 1.82) is 0 Å². The molecule has 0 amide bonds. The number of aromatic nitrogens is 1. The maximum Gasteiger partial charge on any atom is 0.214 e. The molecule has 1 heterocycles. The Hall–Kier alpha value is -3.13. The van der Waals surface area contributed by atoms with E-state index in [2.05, 4.69) is 77.8 Å². The van der Waals surface area contributed by atoms with Crippen LogP contribution in [0.4, 0.5) is 0 Å². The predicted molar refractivity (Wildman–Crippen MR) is 110 cm³/mol. The molecular formula is C25H21NO. The molecular weight excluding hydrogens is 330 g/mol. The lowest BCUT2D eigenvalue weighted by atomic mass is 9.96. The van der Waals surface area contributed by atoms with Gasteiger partial charge < -0.3 is 4.74 Å². The zero-order valence-corrected chi connectivity index (χ0v) is 15.4. The first-order valence-electron chi connectivity index (χ1n) is 9.43. The molecule has 0 radical (unpaired) electrons. The minimum Gasteiger partial charge on any atom is -0.481 e. The molecule has 0 aliphatic heterocycles. The Morgan fingerprint density at radius 2 is 1.48 bits per heavy atom. The molecule has 1 aromatic heterocycles. The van der Waals surface area contributed by atoms with Crippen LogP contribution >= 0.6 is 0 Å². The van der Waals surface area contributed by atoms with Crippen LogP contribution in [0, 0.1) is 0 Å². The largest absolute Gasteiger partial charge is 0.481 e. The summed E-state index contributed by atoms with van der Waals surface area (Å²) >= 11 is 0. The second-order valence-corrected chi connectivity index (χ2v) is 7.26. The molecule has 0 atom stereocenters. The Morgan fingerprint density at radius 1 is 0.741 bits per heavy atom. The van der Waals surface area contributed by atoms with Crippen molar-refractivity contribution in [3.05, 3.63) is 95.1 Å². The minimum atomic E-state index is 0.659. The quantitative estimate of drug-likeness (QED) is 0.445. The summed E-state index contributed by atoms with van der Waals surface area (Å²) in [5.41, 5.74) is 8.82. The van der Waals surface area contributed by atoms with E-state index >= 15 is 0 Å². The van der Waals surface area contributed by atoms with Gasteiger partial charge in [0.2, 0.25) is 5.88 Å². The van der Waals surface area contributed by atoms with Gasteiger partial charge >= 0.3 is 0 Å². The molecule has 27 heavy (non-hydrogen) atoms. The van der Waals surface area contributed by atoms with Gasteiger partial charge in [-0.25, -0.2) is 4.98 Å². The standard InChI is InChI=1S/C25H21NO/c1-27-25-16-22-21-7-3-5-18(14-21)9-8-17-4-2-6-19(12-17)13-20-10-11-24(26-25)23(22)15-20/h2-7,10-12,14-16H,8-9,13H2,1H3. The smallest absolute Gasteiger partial charge is 0.214 e. The Labute approximate surface area is 159 Å². The number of methoxy groups -OCH3 is 1. The number of benzene rings is 3. The third-order valence-electron chi connectivity index (χ3n) is 5.40. The Morgan fingerprint density at radius 3 is 2.33 bits per heavy atom. The molecule has 0 saturated heterocycles. The number of hydrogen-bond donors (Lipinski definition) is 0. The highest BCUT2D eigenvalue weighted by molar-refractivity contribution is 5.95. The third kappa shape index (κ3) is 3.08. The molecule has 1 aliphatic rings. The molecule has 6 bridgehead atoms. The van der Waals surface area contributed by atoms with Crippen molar-refractivity contribution in [3.63, 3.8) is 0 Å². The van der Waals surface area contributed by atoms with Gasteiger partial charge in [0.05, 0.1) is 12.6 Å². The van der Waals surface area contributed by atoms with Crippen LogP contribution in [0.2, 0.25) is 0 Å². The molecule has 5 rings (SSSR count).